The van der Waals surface area contributed by atoms with Gasteiger partial charge in [-0.3, -0.25) is 4.68 Å². The molecule has 1 heterocycles. The third kappa shape index (κ3) is 1.61. The Labute approximate surface area is 78.4 Å². The van der Waals surface area contributed by atoms with Crippen LogP contribution in [-0.4, -0.2) is 21.0 Å². The first kappa shape index (κ1) is 8.75. The fourth-order valence-corrected chi connectivity index (χ4v) is 2.10. The quantitative estimate of drug-likeness (QED) is 0.713. The van der Waals surface area contributed by atoms with Crippen LogP contribution in [0.2, 0.25) is 0 Å². The Bertz CT molecular complexity index is 282. The topological polar surface area (TPSA) is 38.0 Å². The van der Waals surface area contributed by atoms with E-state index in [1.165, 1.54) is 6.42 Å². The van der Waals surface area contributed by atoms with E-state index < -0.39 is 0 Å². The number of nitrogens with zero attached hydrogens (tertiary/aromatic N) is 2. The predicted molar refractivity (Wildman–Crippen MR) is 50.5 cm³/mol. The van der Waals surface area contributed by atoms with Crippen LogP contribution in [0.4, 0.5) is 0 Å². The van der Waals surface area contributed by atoms with Crippen molar-refractivity contribution in [2.24, 2.45) is 0 Å². The molecule has 2 atom stereocenters. The molecule has 0 bridgehead atoms. The number of aryl methyl sites for hydroxylation is 1. The molecule has 1 aliphatic rings. The van der Waals surface area contributed by atoms with Gasteiger partial charge >= 0.3 is 0 Å². The van der Waals surface area contributed by atoms with Crippen molar-refractivity contribution < 1.29 is 5.11 Å². The van der Waals surface area contributed by atoms with Crippen molar-refractivity contribution in [3.63, 3.8) is 0 Å². The van der Waals surface area contributed by atoms with E-state index >= 15 is 0 Å². The van der Waals surface area contributed by atoms with Crippen LogP contribution >= 0.6 is 0 Å². The van der Waals surface area contributed by atoms with Crippen LogP contribution in [-0.2, 0) is 0 Å². The van der Waals surface area contributed by atoms with Crippen LogP contribution in [0, 0.1) is 6.92 Å². The van der Waals surface area contributed by atoms with Crippen LogP contribution in [0.15, 0.2) is 12.3 Å². The molecule has 1 aromatic heterocycles. The highest BCUT2D eigenvalue weighted by Crippen LogP contribution is 2.28. The van der Waals surface area contributed by atoms with E-state index in [0.717, 1.165) is 25.0 Å². The molecule has 3 nitrogen and oxygen atoms in total. The summed E-state index contributed by atoms with van der Waals surface area (Å²) in [5, 5.41) is 14.1. The lowest BCUT2D eigenvalue weighted by molar-refractivity contribution is 0.0684. The van der Waals surface area contributed by atoms with E-state index in [1.54, 1.807) is 6.20 Å². The summed E-state index contributed by atoms with van der Waals surface area (Å²) >= 11 is 0. The van der Waals surface area contributed by atoms with Gasteiger partial charge in [0.25, 0.3) is 0 Å². The summed E-state index contributed by atoms with van der Waals surface area (Å²) in [6.07, 6.45) is 5.94. The molecule has 0 spiro atoms. The van der Waals surface area contributed by atoms with Gasteiger partial charge in [-0.05, 0) is 25.8 Å². The van der Waals surface area contributed by atoms with E-state index in [4.69, 9.17) is 0 Å². The highest BCUT2D eigenvalue weighted by atomic mass is 16.3. The standard InChI is InChI=1S/C10H16N2O/c1-8-6-7-11-12(8)9-4-2-3-5-10(9)13/h6-7,9-10,13H,2-5H2,1H3. The minimum atomic E-state index is -0.202. The van der Waals surface area contributed by atoms with Crippen molar-refractivity contribution in [2.75, 3.05) is 0 Å². The van der Waals surface area contributed by atoms with Crippen LogP contribution in [0.1, 0.15) is 37.4 Å². The molecule has 3 heteroatoms. The Morgan fingerprint density at radius 2 is 2.23 bits per heavy atom. The third-order valence-corrected chi connectivity index (χ3v) is 2.88. The molecule has 2 unspecified atom stereocenters. The van der Waals surface area contributed by atoms with E-state index in [0.29, 0.717) is 0 Å². The van der Waals surface area contributed by atoms with Gasteiger partial charge in [-0.15, -0.1) is 0 Å². The average Bonchev–Trinajstić information content (AvgIpc) is 2.52. The Hall–Kier alpha value is -0.830. The van der Waals surface area contributed by atoms with Crippen molar-refractivity contribution in [1.82, 2.24) is 9.78 Å². The highest BCUT2D eigenvalue weighted by Gasteiger charge is 2.25. The van der Waals surface area contributed by atoms with Gasteiger partial charge < -0.3 is 5.11 Å². The van der Waals surface area contributed by atoms with Gasteiger partial charge in [0.1, 0.15) is 0 Å². The molecular weight excluding hydrogens is 164 g/mol. The molecule has 1 fully saturated rings. The highest BCUT2D eigenvalue weighted by molar-refractivity contribution is 4.99. The second-order valence-corrected chi connectivity index (χ2v) is 3.84. The third-order valence-electron chi connectivity index (χ3n) is 2.88. The SMILES string of the molecule is Cc1ccnn1C1CCCCC1O. The molecule has 1 saturated carbocycles. The Balaban J connectivity index is 2.19. The average molecular weight is 180 g/mol. The maximum Gasteiger partial charge on any atom is 0.0781 e. The lowest BCUT2D eigenvalue weighted by Gasteiger charge is -2.28. The monoisotopic (exact) mass is 180 g/mol. The zero-order valence-electron chi connectivity index (χ0n) is 7.98. The van der Waals surface area contributed by atoms with Gasteiger partial charge in [-0.25, -0.2) is 0 Å². The molecule has 1 aromatic rings. The Morgan fingerprint density at radius 3 is 2.85 bits per heavy atom. The van der Waals surface area contributed by atoms with Gasteiger partial charge in [0.05, 0.1) is 12.1 Å². The molecular formula is C10H16N2O. The van der Waals surface area contributed by atoms with Gasteiger partial charge in [0.15, 0.2) is 0 Å². The predicted octanol–water partition coefficient (Wildman–Crippen LogP) is 1.67. The van der Waals surface area contributed by atoms with Crippen LogP contribution in [0.25, 0.3) is 0 Å². The van der Waals surface area contributed by atoms with E-state index in [1.807, 2.05) is 17.7 Å². The molecule has 0 saturated heterocycles. The lowest BCUT2D eigenvalue weighted by atomic mass is 9.92. The summed E-state index contributed by atoms with van der Waals surface area (Å²) in [7, 11) is 0. The molecule has 0 aliphatic heterocycles. The van der Waals surface area contributed by atoms with E-state index in [2.05, 4.69) is 5.10 Å². The summed E-state index contributed by atoms with van der Waals surface area (Å²) in [4.78, 5) is 0. The number of hydrogen-bond donors (Lipinski definition) is 1. The summed E-state index contributed by atoms with van der Waals surface area (Å²) in [6.45, 7) is 2.04. The maximum atomic E-state index is 9.80. The van der Waals surface area contributed by atoms with Gasteiger partial charge in [-0.2, -0.15) is 5.10 Å². The number of aliphatic hydroxyl groups excluding tert-OH is 1. The van der Waals surface area contributed by atoms with Crippen molar-refractivity contribution in [2.45, 2.75) is 44.8 Å². The maximum absolute atomic E-state index is 9.80. The lowest BCUT2D eigenvalue weighted by Crippen LogP contribution is -2.28. The molecule has 0 amide bonds. The van der Waals surface area contributed by atoms with E-state index in [-0.39, 0.29) is 12.1 Å². The normalized spacial score (nSPS) is 29.1. The number of hydrogen-bond acceptors (Lipinski definition) is 2. The Morgan fingerprint density at radius 1 is 1.46 bits per heavy atom. The van der Waals surface area contributed by atoms with Crippen molar-refractivity contribution in [1.29, 1.82) is 0 Å². The van der Waals surface area contributed by atoms with Gasteiger partial charge in [0, 0.05) is 11.9 Å². The van der Waals surface area contributed by atoms with Crippen LogP contribution < -0.4 is 0 Å². The molecule has 13 heavy (non-hydrogen) atoms. The summed E-state index contributed by atoms with van der Waals surface area (Å²) in [6, 6.07) is 2.20. The number of rotatable bonds is 1. The Kier molecular flexibility index (Phi) is 2.36. The van der Waals surface area contributed by atoms with Crippen LogP contribution in [0.3, 0.4) is 0 Å². The first-order valence-corrected chi connectivity index (χ1v) is 4.97. The van der Waals surface area contributed by atoms with E-state index in [9.17, 15) is 5.11 Å². The summed E-state index contributed by atoms with van der Waals surface area (Å²) < 4.78 is 1.96. The smallest absolute Gasteiger partial charge is 0.0781 e. The largest absolute Gasteiger partial charge is 0.391 e. The zero-order chi connectivity index (χ0) is 9.26. The fraction of sp³-hybridized carbons (Fsp3) is 0.700. The first-order chi connectivity index (χ1) is 6.29. The molecule has 72 valence electrons. The minimum Gasteiger partial charge on any atom is -0.391 e. The van der Waals surface area contributed by atoms with Crippen molar-refractivity contribution in [3.05, 3.63) is 18.0 Å². The molecule has 2 rings (SSSR count). The minimum absolute atomic E-state index is 0.202. The second-order valence-electron chi connectivity index (χ2n) is 3.84. The number of aliphatic hydroxyl groups is 1. The first-order valence-electron chi connectivity index (χ1n) is 4.97. The fourth-order valence-electron chi connectivity index (χ4n) is 2.10. The second kappa shape index (κ2) is 3.50. The molecule has 1 N–H and O–H groups in total. The molecule has 0 radical (unpaired) electrons. The summed E-state index contributed by atoms with van der Waals surface area (Å²) in [5.74, 6) is 0. The van der Waals surface area contributed by atoms with Crippen molar-refractivity contribution >= 4 is 0 Å². The molecule has 1 aliphatic carbocycles. The number of aromatic nitrogens is 2. The zero-order valence-corrected chi connectivity index (χ0v) is 7.98. The summed E-state index contributed by atoms with van der Waals surface area (Å²) in [5.41, 5.74) is 1.14. The van der Waals surface area contributed by atoms with Gasteiger partial charge in [0.2, 0.25) is 0 Å². The molecule has 0 aromatic carbocycles. The van der Waals surface area contributed by atoms with Gasteiger partial charge in [-0.1, -0.05) is 12.8 Å². The van der Waals surface area contributed by atoms with Crippen LogP contribution in [0.5, 0.6) is 0 Å². The van der Waals surface area contributed by atoms with Crippen molar-refractivity contribution in [3.8, 4) is 0 Å².